The molecular formula is C21H28F3NO. The van der Waals surface area contributed by atoms with Gasteiger partial charge in [-0.2, -0.15) is 0 Å². The fraction of sp³-hybridized carbons (Fsp3) is 0.524. The molecule has 26 heavy (non-hydrogen) atoms. The molecule has 0 aliphatic heterocycles. The minimum absolute atomic E-state index is 0.0514. The molecule has 1 aromatic rings. The van der Waals surface area contributed by atoms with Gasteiger partial charge < -0.3 is 5.21 Å². The third-order valence-electron chi connectivity index (χ3n) is 4.84. The summed E-state index contributed by atoms with van der Waals surface area (Å²) in [5, 5.41) is 8.87. The zero-order valence-electron chi connectivity index (χ0n) is 15.4. The van der Waals surface area contributed by atoms with Crippen LogP contribution in [0.25, 0.3) is 5.57 Å². The lowest BCUT2D eigenvalue weighted by Crippen LogP contribution is -2.08. The quantitative estimate of drug-likeness (QED) is 0.388. The Hall–Kier alpha value is -1.59. The van der Waals surface area contributed by atoms with Crippen molar-refractivity contribution in [3.05, 3.63) is 52.9 Å². The standard InChI is InChI=1S/C21H28F3NO/c1-3-16-9-10-18(21(23)24)19(20(16)22)17(11-12-25-26)6-4-5-14(2)13-15-7-8-15/h4,6,9-11,14-15,21,25-26H,3,5,7-8,12-13H2,1-2H3/b6-4-,17-11?. The lowest BCUT2D eigenvalue weighted by Gasteiger charge is -2.15. The van der Waals surface area contributed by atoms with Crippen LogP contribution in [0.15, 0.2) is 30.4 Å². The highest BCUT2D eigenvalue weighted by atomic mass is 19.3. The first-order valence-corrected chi connectivity index (χ1v) is 9.31. The van der Waals surface area contributed by atoms with E-state index in [1.54, 1.807) is 13.0 Å². The average Bonchev–Trinajstić information content (AvgIpc) is 3.41. The molecule has 0 heterocycles. The summed E-state index contributed by atoms with van der Waals surface area (Å²) in [6, 6.07) is 2.72. The van der Waals surface area contributed by atoms with Crippen LogP contribution in [0.2, 0.25) is 0 Å². The van der Waals surface area contributed by atoms with Gasteiger partial charge in [-0.05, 0) is 42.2 Å². The van der Waals surface area contributed by atoms with Gasteiger partial charge in [0.15, 0.2) is 0 Å². The molecule has 1 aliphatic rings. The number of halogens is 3. The first-order valence-electron chi connectivity index (χ1n) is 9.31. The molecular weight excluding hydrogens is 339 g/mol. The molecule has 1 aliphatic carbocycles. The van der Waals surface area contributed by atoms with Crippen molar-refractivity contribution in [2.24, 2.45) is 11.8 Å². The number of hydrogen-bond donors (Lipinski definition) is 2. The maximum absolute atomic E-state index is 14.8. The Kier molecular flexibility index (Phi) is 7.91. The van der Waals surface area contributed by atoms with E-state index < -0.39 is 12.2 Å². The first kappa shape index (κ1) is 20.7. The highest BCUT2D eigenvalue weighted by Crippen LogP contribution is 2.36. The van der Waals surface area contributed by atoms with Crippen LogP contribution in [0.4, 0.5) is 13.2 Å². The Bertz CT molecular complexity index is 651. The molecule has 0 aromatic heterocycles. The first-order chi connectivity index (χ1) is 12.5. The van der Waals surface area contributed by atoms with Gasteiger partial charge in [-0.25, -0.2) is 18.7 Å². The normalized spacial score (nSPS) is 16.7. The summed E-state index contributed by atoms with van der Waals surface area (Å²) in [5.41, 5.74) is 2.36. The molecule has 1 saturated carbocycles. The number of benzene rings is 1. The fourth-order valence-electron chi connectivity index (χ4n) is 3.24. The van der Waals surface area contributed by atoms with E-state index in [2.05, 4.69) is 6.92 Å². The summed E-state index contributed by atoms with van der Waals surface area (Å²) in [7, 11) is 0. The Balaban J connectivity index is 2.30. The molecule has 1 aromatic carbocycles. The van der Waals surface area contributed by atoms with E-state index in [4.69, 9.17) is 5.21 Å². The maximum atomic E-state index is 14.8. The summed E-state index contributed by atoms with van der Waals surface area (Å²) < 4.78 is 41.7. The molecule has 0 saturated heterocycles. The molecule has 5 heteroatoms. The summed E-state index contributed by atoms with van der Waals surface area (Å²) in [6.45, 7) is 4.01. The van der Waals surface area contributed by atoms with Crippen molar-refractivity contribution >= 4 is 5.57 Å². The van der Waals surface area contributed by atoms with E-state index in [1.165, 1.54) is 37.5 Å². The zero-order chi connectivity index (χ0) is 19.1. The molecule has 1 fully saturated rings. The van der Waals surface area contributed by atoms with Crippen LogP contribution in [0.1, 0.15) is 62.6 Å². The highest BCUT2D eigenvalue weighted by Gasteiger charge is 2.23. The van der Waals surface area contributed by atoms with Gasteiger partial charge in [-0.15, -0.1) is 0 Å². The topological polar surface area (TPSA) is 32.3 Å². The van der Waals surface area contributed by atoms with Gasteiger partial charge in [0.1, 0.15) is 5.82 Å². The smallest absolute Gasteiger partial charge is 0.264 e. The van der Waals surface area contributed by atoms with Crippen LogP contribution in [0.3, 0.4) is 0 Å². The van der Waals surface area contributed by atoms with Gasteiger partial charge in [0.05, 0.1) is 0 Å². The van der Waals surface area contributed by atoms with Gasteiger partial charge in [0.2, 0.25) is 0 Å². The van der Waals surface area contributed by atoms with Gasteiger partial charge in [0, 0.05) is 17.7 Å². The molecule has 1 atom stereocenters. The number of nitrogens with one attached hydrogen (secondary N) is 1. The summed E-state index contributed by atoms with van der Waals surface area (Å²) in [5.74, 6) is 0.735. The molecule has 0 spiro atoms. The molecule has 2 rings (SSSR count). The summed E-state index contributed by atoms with van der Waals surface area (Å²) in [6.07, 6.45) is 7.40. The summed E-state index contributed by atoms with van der Waals surface area (Å²) in [4.78, 5) is 0. The minimum atomic E-state index is -2.77. The molecule has 0 radical (unpaired) electrons. The second-order valence-corrected chi connectivity index (χ2v) is 7.10. The number of allylic oxidation sites excluding steroid dienone is 3. The van der Waals surface area contributed by atoms with Crippen LogP contribution in [0, 0.1) is 17.7 Å². The van der Waals surface area contributed by atoms with E-state index in [9.17, 15) is 13.2 Å². The van der Waals surface area contributed by atoms with Crippen molar-refractivity contribution in [2.75, 3.05) is 6.54 Å². The van der Waals surface area contributed by atoms with Crippen LogP contribution in [0.5, 0.6) is 0 Å². The van der Waals surface area contributed by atoms with E-state index in [-0.39, 0.29) is 17.7 Å². The number of rotatable bonds is 10. The Morgan fingerprint density at radius 2 is 2.08 bits per heavy atom. The number of hydrogen-bond acceptors (Lipinski definition) is 2. The predicted octanol–water partition coefficient (Wildman–Crippen LogP) is 6.07. The van der Waals surface area contributed by atoms with Crippen molar-refractivity contribution in [2.45, 2.75) is 52.4 Å². The highest BCUT2D eigenvalue weighted by molar-refractivity contribution is 5.77. The molecule has 2 nitrogen and oxygen atoms in total. The third kappa shape index (κ3) is 5.71. The van der Waals surface area contributed by atoms with E-state index >= 15 is 0 Å². The van der Waals surface area contributed by atoms with Gasteiger partial charge >= 0.3 is 0 Å². The van der Waals surface area contributed by atoms with E-state index in [0.29, 0.717) is 23.5 Å². The molecule has 2 N–H and O–H groups in total. The Morgan fingerprint density at radius 3 is 2.65 bits per heavy atom. The second kappa shape index (κ2) is 9.93. The summed E-state index contributed by atoms with van der Waals surface area (Å²) >= 11 is 0. The molecule has 0 amide bonds. The predicted molar refractivity (Wildman–Crippen MR) is 98.8 cm³/mol. The van der Waals surface area contributed by atoms with Crippen molar-refractivity contribution < 1.29 is 18.4 Å². The lowest BCUT2D eigenvalue weighted by atomic mass is 9.93. The molecule has 1 unspecified atom stereocenters. The fourth-order valence-corrected chi connectivity index (χ4v) is 3.24. The van der Waals surface area contributed by atoms with Crippen LogP contribution < -0.4 is 5.48 Å². The number of alkyl halides is 2. The zero-order valence-corrected chi connectivity index (χ0v) is 15.4. The largest absolute Gasteiger partial charge is 0.317 e. The van der Waals surface area contributed by atoms with Crippen LogP contribution in [-0.4, -0.2) is 11.8 Å². The molecule has 144 valence electrons. The Morgan fingerprint density at radius 1 is 1.35 bits per heavy atom. The van der Waals surface area contributed by atoms with Crippen molar-refractivity contribution in [1.82, 2.24) is 5.48 Å². The lowest BCUT2D eigenvalue weighted by molar-refractivity contribution is 0.150. The van der Waals surface area contributed by atoms with Crippen molar-refractivity contribution in [3.8, 4) is 0 Å². The SMILES string of the molecule is CCc1ccc(C(F)F)c(C(=CCNO)/C=C\CC(C)CC2CC2)c1F. The van der Waals surface area contributed by atoms with Crippen molar-refractivity contribution in [1.29, 1.82) is 0 Å². The van der Waals surface area contributed by atoms with E-state index in [1.807, 2.05) is 11.6 Å². The molecule has 0 bridgehead atoms. The monoisotopic (exact) mass is 367 g/mol. The van der Waals surface area contributed by atoms with E-state index in [0.717, 1.165) is 12.3 Å². The Labute approximate surface area is 153 Å². The van der Waals surface area contributed by atoms with Crippen LogP contribution in [-0.2, 0) is 6.42 Å². The van der Waals surface area contributed by atoms with Crippen molar-refractivity contribution in [3.63, 3.8) is 0 Å². The van der Waals surface area contributed by atoms with Gasteiger partial charge in [-0.1, -0.05) is 57.0 Å². The third-order valence-corrected chi connectivity index (χ3v) is 4.84. The van der Waals surface area contributed by atoms with Gasteiger partial charge in [-0.3, -0.25) is 0 Å². The number of aryl methyl sites for hydroxylation is 1. The average molecular weight is 367 g/mol. The number of hydroxylamine groups is 1. The maximum Gasteiger partial charge on any atom is 0.264 e. The second-order valence-electron chi connectivity index (χ2n) is 7.10. The van der Waals surface area contributed by atoms with Crippen LogP contribution >= 0.6 is 0 Å². The minimum Gasteiger partial charge on any atom is -0.317 e. The van der Waals surface area contributed by atoms with Gasteiger partial charge in [0.25, 0.3) is 6.43 Å².